The van der Waals surface area contributed by atoms with Crippen LogP contribution < -0.4 is 10.2 Å². The molecule has 1 N–H and O–H groups in total. The summed E-state index contributed by atoms with van der Waals surface area (Å²) in [4.78, 5) is 17.2. The van der Waals surface area contributed by atoms with Crippen molar-refractivity contribution in [2.45, 2.75) is 26.7 Å². The van der Waals surface area contributed by atoms with E-state index in [9.17, 15) is 10.1 Å². The van der Waals surface area contributed by atoms with Gasteiger partial charge in [0, 0.05) is 20.1 Å². The SMILES string of the molecule is CNc1cc([N+](=O)[O-])cc(N2CCC(C(C)C)CC2)n1. The molecule has 2 rings (SSSR count). The van der Waals surface area contributed by atoms with Crippen LogP contribution in [0.2, 0.25) is 0 Å². The quantitative estimate of drug-likeness (QED) is 0.677. The molecule has 1 aromatic rings. The van der Waals surface area contributed by atoms with Crippen LogP contribution in [0.5, 0.6) is 0 Å². The van der Waals surface area contributed by atoms with Crippen LogP contribution in [0, 0.1) is 22.0 Å². The van der Waals surface area contributed by atoms with Crippen molar-refractivity contribution in [3.8, 4) is 0 Å². The largest absolute Gasteiger partial charge is 0.373 e. The van der Waals surface area contributed by atoms with Gasteiger partial charge in [-0.2, -0.15) is 0 Å². The Morgan fingerprint density at radius 2 is 2.05 bits per heavy atom. The third-order valence-electron chi connectivity index (χ3n) is 4.07. The average molecular weight is 278 g/mol. The summed E-state index contributed by atoms with van der Waals surface area (Å²) < 4.78 is 0. The van der Waals surface area contributed by atoms with Gasteiger partial charge in [-0.25, -0.2) is 4.98 Å². The van der Waals surface area contributed by atoms with Gasteiger partial charge in [0.05, 0.1) is 17.1 Å². The molecule has 0 spiro atoms. The summed E-state index contributed by atoms with van der Waals surface area (Å²) in [5, 5.41) is 13.9. The van der Waals surface area contributed by atoms with Gasteiger partial charge in [-0.3, -0.25) is 10.1 Å². The first-order chi connectivity index (χ1) is 9.51. The van der Waals surface area contributed by atoms with Gasteiger partial charge in [0.15, 0.2) is 0 Å². The molecule has 0 aliphatic carbocycles. The van der Waals surface area contributed by atoms with Gasteiger partial charge in [0.2, 0.25) is 0 Å². The zero-order valence-electron chi connectivity index (χ0n) is 12.3. The highest BCUT2D eigenvalue weighted by atomic mass is 16.6. The van der Waals surface area contributed by atoms with Crippen LogP contribution in [-0.2, 0) is 0 Å². The number of pyridine rings is 1. The molecule has 110 valence electrons. The minimum atomic E-state index is -0.368. The summed E-state index contributed by atoms with van der Waals surface area (Å²) in [6.07, 6.45) is 2.24. The van der Waals surface area contributed by atoms with E-state index in [-0.39, 0.29) is 10.6 Å². The second kappa shape index (κ2) is 6.07. The maximum atomic E-state index is 11.0. The molecular formula is C14H22N4O2. The van der Waals surface area contributed by atoms with E-state index in [4.69, 9.17) is 0 Å². The van der Waals surface area contributed by atoms with Gasteiger partial charge in [-0.1, -0.05) is 13.8 Å². The molecule has 2 heterocycles. The highest BCUT2D eigenvalue weighted by molar-refractivity contribution is 5.55. The molecule has 0 unspecified atom stereocenters. The highest BCUT2D eigenvalue weighted by Gasteiger charge is 2.23. The topological polar surface area (TPSA) is 71.3 Å². The molecular weight excluding hydrogens is 256 g/mol. The van der Waals surface area contributed by atoms with Crippen LogP contribution in [0.15, 0.2) is 12.1 Å². The van der Waals surface area contributed by atoms with E-state index in [0.29, 0.717) is 17.6 Å². The second-order valence-electron chi connectivity index (χ2n) is 5.64. The summed E-state index contributed by atoms with van der Waals surface area (Å²) in [5.41, 5.74) is 0.0883. The molecule has 1 aliphatic heterocycles. The van der Waals surface area contributed by atoms with E-state index in [1.165, 1.54) is 6.07 Å². The fourth-order valence-electron chi connectivity index (χ4n) is 2.69. The zero-order valence-corrected chi connectivity index (χ0v) is 12.3. The molecule has 20 heavy (non-hydrogen) atoms. The number of hydrogen-bond donors (Lipinski definition) is 1. The van der Waals surface area contributed by atoms with Gasteiger partial charge < -0.3 is 10.2 Å². The maximum absolute atomic E-state index is 11.0. The van der Waals surface area contributed by atoms with Crippen molar-refractivity contribution >= 4 is 17.3 Å². The summed E-state index contributed by atoms with van der Waals surface area (Å²) in [6.45, 7) is 6.34. The number of aromatic nitrogens is 1. The van der Waals surface area contributed by atoms with Crippen molar-refractivity contribution < 1.29 is 4.92 Å². The fraction of sp³-hybridized carbons (Fsp3) is 0.643. The van der Waals surface area contributed by atoms with Crippen molar-refractivity contribution in [3.63, 3.8) is 0 Å². The Balaban J connectivity index is 2.17. The number of hydrogen-bond acceptors (Lipinski definition) is 5. The van der Waals surface area contributed by atoms with Crippen LogP contribution in [0.1, 0.15) is 26.7 Å². The fourth-order valence-corrected chi connectivity index (χ4v) is 2.69. The number of anilines is 2. The molecule has 1 aromatic heterocycles. The summed E-state index contributed by atoms with van der Waals surface area (Å²) in [5.74, 6) is 2.68. The maximum Gasteiger partial charge on any atom is 0.276 e. The first-order valence-corrected chi connectivity index (χ1v) is 7.10. The molecule has 1 fully saturated rings. The Hall–Kier alpha value is -1.85. The van der Waals surface area contributed by atoms with Crippen molar-refractivity contribution in [3.05, 3.63) is 22.2 Å². The smallest absolute Gasteiger partial charge is 0.276 e. The monoisotopic (exact) mass is 278 g/mol. The molecule has 0 atom stereocenters. The van der Waals surface area contributed by atoms with Gasteiger partial charge in [0.25, 0.3) is 5.69 Å². The van der Waals surface area contributed by atoms with Crippen LogP contribution in [-0.4, -0.2) is 30.0 Å². The molecule has 0 bridgehead atoms. The Morgan fingerprint density at radius 3 is 2.55 bits per heavy atom. The Bertz CT molecular complexity index is 482. The lowest BCUT2D eigenvalue weighted by molar-refractivity contribution is -0.384. The number of rotatable bonds is 4. The predicted octanol–water partition coefficient (Wildman–Crippen LogP) is 2.90. The predicted molar refractivity (Wildman–Crippen MR) is 80.2 cm³/mol. The van der Waals surface area contributed by atoms with Gasteiger partial charge in [-0.05, 0) is 24.7 Å². The van der Waals surface area contributed by atoms with Crippen molar-refractivity contribution in [2.75, 3.05) is 30.4 Å². The molecule has 6 heteroatoms. The van der Waals surface area contributed by atoms with E-state index >= 15 is 0 Å². The van der Waals surface area contributed by atoms with Crippen LogP contribution >= 0.6 is 0 Å². The minimum absolute atomic E-state index is 0.0883. The Labute approximate surface area is 119 Å². The van der Waals surface area contributed by atoms with E-state index in [0.717, 1.165) is 31.8 Å². The number of piperidine rings is 1. The van der Waals surface area contributed by atoms with Crippen molar-refractivity contribution in [1.82, 2.24) is 4.98 Å². The lowest BCUT2D eigenvalue weighted by Crippen LogP contribution is -2.35. The zero-order chi connectivity index (χ0) is 14.7. The molecule has 6 nitrogen and oxygen atoms in total. The highest BCUT2D eigenvalue weighted by Crippen LogP contribution is 2.29. The van der Waals surface area contributed by atoms with Crippen LogP contribution in [0.4, 0.5) is 17.3 Å². The number of nitro groups is 1. The molecule has 0 saturated carbocycles. The summed E-state index contributed by atoms with van der Waals surface area (Å²) >= 11 is 0. The number of nitrogens with one attached hydrogen (secondary N) is 1. The lowest BCUT2D eigenvalue weighted by atomic mass is 9.87. The second-order valence-corrected chi connectivity index (χ2v) is 5.64. The van der Waals surface area contributed by atoms with Gasteiger partial charge >= 0.3 is 0 Å². The first kappa shape index (κ1) is 14.6. The molecule has 0 aromatic carbocycles. The molecule has 1 saturated heterocycles. The van der Waals surface area contributed by atoms with Crippen LogP contribution in [0.3, 0.4) is 0 Å². The Morgan fingerprint density at radius 1 is 1.40 bits per heavy atom. The van der Waals surface area contributed by atoms with Crippen LogP contribution in [0.25, 0.3) is 0 Å². The third kappa shape index (κ3) is 3.18. The average Bonchev–Trinajstić information content (AvgIpc) is 2.46. The van der Waals surface area contributed by atoms with E-state index < -0.39 is 0 Å². The lowest BCUT2D eigenvalue weighted by Gasteiger charge is -2.34. The van der Waals surface area contributed by atoms with E-state index in [1.54, 1.807) is 13.1 Å². The molecule has 1 aliphatic rings. The summed E-state index contributed by atoms with van der Waals surface area (Å²) in [6, 6.07) is 3.03. The van der Waals surface area contributed by atoms with Crippen molar-refractivity contribution in [1.29, 1.82) is 0 Å². The molecule has 0 radical (unpaired) electrons. The van der Waals surface area contributed by atoms with E-state index in [2.05, 4.69) is 29.0 Å². The Kier molecular flexibility index (Phi) is 4.42. The standard InChI is InChI=1S/C14H22N4O2/c1-10(2)11-4-6-17(7-5-11)14-9-12(18(19)20)8-13(15-3)16-14/h8-11H,4-7H2,1-3H3,(H,15,16). The first-order valence-electron chi connectivity index (χ1n) is 7.10. The normalized spacial score (nSPS) is 16.5. The third-order valence-corrected chi connectivity index (χ3v) is 4.07. The van der Waals surface area contributed by atoms with Gasteiger partial charge in [-0.15, -0.1) is 0 Å². The van der Waals surface area contributed by atoms with Gasteiger partial charge in [0.1, 0.15) is 11.6 Å². The minimum Gasteiger partial charge on any atom is -0.373 e. The number of nitrogens with zero attached hydrogens (tertiary/aromatic N) is 3. The van der Waals surface area contributed by atoms with Crippen molar-refractivity contribution in [2.24, 2.45) is 11.8 Å². The molecule has 0 amide bonds. The van der Waals surface area contributed by atoms with E-state index in [1.807, 2.05) is 0 Å². The summed E-state index contributed by atoms with van der Waals surface area (Å²) in [7, 11) is 1.72.